The molecule has 31 heavy (non-hydrogen) atoms. The van der Waals surface area contributed by atoms with Crippen LogP contribution < -0.4 is 4.90 Å². The molecule has 2 fully saturated rings. The Morgan fingerprint density at radius 1 is 0.871 bits per heavy atom. The van der Waals surface area contributed by atoms with Gasteiger partial charge in [0.1, 0.15) is 0 Å². The number of β-amino-alcohol motifs (C(OH)–C–C–N with tert-alkyl or cyclic N) is 1. The first kappa shape index (κ1) is 20.3. The van der Waals surface area contributed by atoms with Crippen LogP contribution in [0.1, 0.15) is 10.4 Å². The lowest BCUT2D eigenvalue weighted by atomic mass is 10.1. The Balaban J connectivity index is 1.24. The lowest BCUT2D eigenvalue weighted by molar-refractivity contribution is 0.0754. The molecule has 0 saturated carbocycles. The molecule has 2 heterocycles. The van der Waals surface area contributed by atoms with Crippen molar-refractivity contribution in [3.05, 3.63) is 77.3 Å². The topological polar surface area (TPSA) is 47.0 Å². The van der Waals surface area contributed by atoms with E-state index in [9.17, 15) is 9.90 Å². The first-order valence-electron chi connectivity index (χ1n) is 10.8. The molecule has 0 unspecified atom stereocenters. The minimum absolute atomic E-state index is 0.0223. The second-order valence-electron chi connectivity index (χ2n) is 8.37. The van der Waals surface area contributed by atoms with Crippen LogP contribution in [0.5, 0.6) is 0 Å². The second kappa shape index (κ2) is 8.50. The summed E-state index contributed by atoms with van der Waals surface area (Å²) in [4.78, 5) is 19.4. The zero-order valence-corrected chi connectivity index (χ0v) is 18.1. The number of carbonyl (C=O) groups excluding carboxylic acids is 1. The van der Waals surface area contributed by atoms with Gasteiger partial charge in [0.2, 0.25) is 0 Å². The number of fused-ring (bicyclic) bond motifs is 1. The number of likely N-dealkylation sites (tertiary alicyclic amines) is 1. The molecule has 2 saturated heterocycles. The largest absolute Gasteiger partial charge is 0.390 e. The Morgan fingerprint density at radius 2 is 1.58 bits per heavy atom. The number of rotatable bonds is 3. The predicted molar refractivity (Wildman–Crippen MR) is 125 cm³/mol. The quantitative estimate of drug-likeness (QED) is 0.684. The number of amides is 1. The third-order valence-corrected chi connectivity index (χ3v) is 6.78. The maximum absolute atomic E-state index is 12.8. The molecule has 0 bridgehead atoms. The summed E-state index contributed by atoms with van der Waals surface area (Å²) in [6.07, 6.45) is -0.527. The molecule has 1 amide bonds. The van der Waals surface area contributed by atoms with E-state index >= 15 is 0 Å². The Hall–Kier alpha value is -2.60. The summed E-state index contributed by atoms with van der Waals surface area (Å²) in [5, 5.41) is 13.8. The van der Waals surface area contributed by atoms with Gasteiger partial charge < -0.3 is 14.9 Å². The number of carbonyl (C=O) groups is 1. The summed E-state index contributed by atoms with van der Waals surface area (Å²) in [5.74, 6) is -0.0485. The minimum atomic E-state index is -0.527. The lowest BCUT2D eigenvalue weighted by Gasteiger charge is -2.40. The fourth-order valence-corrected chi connectivity index (χ4v) is 4.97. The van der Waals surface area contributed by atoms with E-state index in [0.717, 1.165) is 26.2 Å². The van der Waals surface area contributed by atoms with Crippen LogP contribution in [0.4, 0.5) is 5.69 Å². The number of hydrogen-bond donors (Lipinski definition) is 1. The van der Waals surface area contributed by atoms with Gasteiger partial charge >= 0.3 is 0 Å². The molecule has 0 aromatic heterocycles. The standard InChI is InChI=1S/C25H26ClN3O2/c26-20-10-8-19(9-11-20)25(31)29-16-23(24(30)17-29)28-14-12-27(13-15-28)22-7-3-5-18-4-1-2-6-21(18)22/h1-11,23-24,30H,12-17H2/t23-,24-/m0/s1. The van der Waals surface area contributed by atoms with Crippen molar-refractivity contribution in [2.75, 3.05) is 44.2 Å². The zero-order valence-electron chi connectivity index (χ0n) is 17.3. The van der Waals surface area contributed by atoms with E-state index in [1.54, 1.807) is 29.2 Å². The van der Waals surface area contributed by atoms with Crippen LogP contribution in [-0.2, 0) is 0 Å². The number of nitrogens with zero attached hydrogens (tertiary/aromatic N) is 3. The first-order chi connectivity index (χ1) is 15.1. The van der Waals surface area contributed by atoms with Crippen LogP contribution in [0.25, 0.3) is 10.8 Å². The Morgan fingerprint density at radius 3 is 2.35 bits per heavy atom. The smallest absolute Gasteiger partial charge is 0.253 e. The maximum atomic E-state index is 12.8. The number of halogens is 1. The van der Waals surface area contributed by atoms with Crippen LogP contribution in [0.2, 0.25) is 5.02 Å². The highest BCUT2D eigenvalue weighted by atomic mass is 35.5. The molecule has 2 aliphatic rings. The molecule has 5 nitrogen and oxygen atoms in total. The van der Waals surface area contributed by atoms with Gasteiger partial charge in [0.15, 0.2) is 0 Å². The molecule has 3 aromatic rings. The number of benzene rings is 3. The van der Waals surface area contributed by atoms with Crippen molar-refractivity contribution in [1.82, 2.24) is 9.80 Å². The zero-order chi connectivity index (χ0) is 21.4. The van der Waals surface area contributed by atoms with E-state index in [2.05, 4.69) is 52.3 Å². The average molecular weight is 436 g/mol. The van der Waals surface area contributed by atoms with Gasteiger partial charge in [0.05, 0.1) is 12.1 Å². The van der Waals surface area contributed by atoms with Crippen molar-refractivity contribution in [2.24, 2.45) is 0 Å². The number of anilines is 1. The average Bonchev–Trinajstić information content (AvgIpc) is 3.20. The lowest BCUT2D eigenvalue weighted by Crippen LogP contribution is -2.53. The van der Waals surface area contributed by atoms with Crippen molar-refractivity contribution in [3.63, 3.8) is 0 Å². The summed E-state index contributed by atoms with van der Waals surface area (Å²) in [7, 11) is 0. The van der Waals surface area contributed by atoms with Gasteiger partial charge in [-0.3, -0.25) is 9.69 Å². The molecule has 0 aliphatic carbocycles. The number of piperazine rings is 1. The van der Waals surface area contributed by atoms with Crippen molar-refractivity contribution in [3.8, 4) is 0 Å². The van der Waals surface area contributed by atoms with Crippen LogP contribution >= 0.6 is 11.6 Å². The normalized spacial score (nSPS) is 22.3. The number of aliphatic hydroxyl groups excluding tert-OH is 1. The molecule has 3 aromatic carbocycles. The minimum Gasteiger partial charge on any atom is -0.390 e. The Bertz CT molecular complexity index is 1070. The third kappa shape index (κ3) is 4.01. The molecule has 2 atom stereocenters. The van der Waals surface area contributed by atoms with E-state index < -0.39 is 6.10 Å². The van der Waals surface area contributed by atoms with Gasteiger partial charge in [0, 0.05) is 60.9 Å². The fourth-order valence-electron chi connectivity index (χ4n) is 4.85. The summed E-state index contributed by atoms with van der Waals surface area (Å²) >= 11 is 5.94. The molecule has 0 radical (unpaired) electrons. The van der Waals surface area contributed by atoms with Gasteiger partial charge in [-0.05, 0) is 35.7 Å². The van der Waals surface area contributed by atoms with E-state index in [0.29, 0.717) is 23.7 Å². The molecule has 6 heteroatoms. The van der Waals surface area contributed by atoms with Crippen molar-refractivity contribution >= 4 is 34.0 Å². The molecule has 5 rings (SSSR count). The molecule has 2 aliphatic heterocycles. The number of aliphatic hydroxyl groups is 1. The van der Waals surface area contributed by atoms with E-state index in [4.69, 9.17) is 11.6 Å². The maximum Gasteiger partial charge on any atom is 0.253 e. The molecule has 160 valence electrons. The highest BCUT2D eigenvalue weighted by Crippen LogP contribution is 2.28. The molecule has 1 N–H and O–H groups in total. The van der Waals surface area contributed by atoms with Gasteiger partial charge in [-0.25, -0.2) is 0 Å². The summed E-state index contributed by atoms with van der Waals surface area (Å²) < 4.78 is 0. The first-order valence-corrected chi connectivity index (χ1v) is 11.2. The predicted octanol–water partition coefficient (Wildman–Crippen LogP) is 3.50. The van der Waals surface area contributed by atoms with E-state index in [-0.39, 0.29) is 11.9 Å². The van der Waals surface area contributed by atoms with Crippen molar-refractivity contribution < 1.29 is 9.90 Å². The van der Waals surface area contributed by atoms with Crippen molar-refractivity contribution in [1.29, 1.82) is 0 Å². The molecule has 0 spiro atoms. The Labute approximate surface area is 187 Å². The summed E-state index contributed by atoms with van der Waals surface area (Å²) in [6.45, 7) is 4.47. The Kier molecular flexibility index (Phi) is 5.57. The highest BCUT2D eigenvalue weighted by Gasteiger charge is 2.39. The van der Waals surface area contributed by atoms with Crippen LogP contribution in [-0.4, -0.2) is 72.2 Å². The summed E-state index contributed by atoms with van der Waals surface area (Å²) in [6, 6.07) is 21.9. The van der Waals surface area contributed by atoms with E-state index in [1.807, 2.05) is 0 Å². The SMILES string of the molecule is O=C(c1ccc(Cl)cc1)N1C[C@H](O)[C@@H](N2CCN(c3cccc4ccccc34)CC2)C1. The van der Waals surface area contributed by atoms with Gasteiger partial charge in [0.25, 0.3) is 5.91 Å². The molecular weight excluding hydrogens is 410 g/mol. The highest BCUT2D eigenvalue weighted by molar-refractivity contribution is 6.30. The summed E-state index contributed by atoms with van der Waals surface area (Å²) in [5.41, 5.74) is 1.88. The van der Waals surface area contributed by atoms with Crippen LogP contribution in [0, 0.1) is 0 Å². The van der Waals surface area contributed by atoms with Gasteiger partial charge in [-0.15, -0.1) is 0 Å². The monoisotopic (exact) mass is 435 g/mol. The van der Waals surface area contributed by atoms with Gasteiger partial charge in [-0.2, -0.15) is 0 Å². The third-order valence-electron chi connectivity index (χ3n) is 6.53. The fraction of sp³-hybridized carbons (Fsp3) is 0.320. The van der Waals surface area contributed by atoms with Gasteiger partial charge in [-0.1, -0.05) is 48.0 Å². The number of hydrogen-bond acceptors (Lipinski definition) is 4. The second-order valence-corrected chi connectivity index (χ2v) is 8.81. The molecular formula is C25H26ClN3O2. The van der Waals surface area contributed by atoms with E-state index in [1.165, 1.54) is 16.5 Å². The van der Waals surface area contributed by atoms with Crippen LogP contribution in [0.15, 0.2) is 66.7 Å². The van der Waals surface area contributed by atoms with Crippen molar-refractivity contribution in [2.45, 2.75) is 12.1 Å². The van der Waals surface area contributed by atoms with Crippen LogP contribution in [0.3, 0.4) is 0 Å².